The third-order valence-corrected chi connectivity index (χ3v) is 14.7. The van der Waals surface area contributed by atoms with Crippen molar-refractivity contribution in [3.8, 4) is 21.6 Å². The van der Waals surface area contributed by atoms with Crippen LogP contribution in [0, 0.1) is 12.3 Å². The van der Waals surface area contributed by atoms with Crippen molar-refractivity contribution >= 4 is 46.5 Å². The summed E-state index contributed by atoms with van der Waals surface area (Å²) in [5.41, 5.74) is 14.7. The van der Waals surface area contributed by atoms with E-state index in [4.69, 9.17) is 15.6 Å². The van der Waals surface area contributed by atoms with Gasteiger partial charge >= 0.3 is 5.95 Å². The fourth-order valence-electron chi connectivity index (χ4n) is 10.2. The normalized spacial score (nSPS) is 18.9. The van der Waals surface area contributed by atoms with Gasteiger partial charge in [-0.15, -0.1) is 11.3 Å². The van der Waals surface area contributed by atoms with Crippen LogP contribution in [0.3, 0.4) is 0 Å². The molecule has 18 heteroatoms. The fraction of sp³-hybridized carbons (Fsp3) is 0.490. The van der Waals surface area contributed by atoms with Crippen LogP contribution in [-0.4, -0.2) is 97.4 Å². The maximum atomic E-state index is 15.3. The van der Waals surface area contributed by atoms with Crippen molar-refractivity contribution in [3.63, 3.8) is 0 Å². The number of ether oxygens (including phenoxy) is 1. The van der Waals surface area contributed by atoms with Gasteiger partial charge in [-0.2, -0.15) is 5.10 Å². The number of anilines is 3. The molecule has 4 aliphatic heterocycles. The molecule has 67 heavy (non-hydrogen) atoms. The van der Waals surface area contributed by atoms with E-state index in [9.17, 15) is 19.5 Å². The number of carbonyl (C=O) groups excluding carboxylic acids is 3. The Bertz CT molecular complexity index is 2660. The van der Waals surface area contributed by atoms with E-state index >= 15 is 8.78 Å². The molecule has 0 saturated carbocycles. The molecule has 2 atom stereocenters. The van der Waals surface area contributed by atoms with Gasteiger partial charge in [0, 0.05) is 99.1 Å². The van der Waals surface area contributed by atoms with Crippen LogP contribution in [-0.2, 0) is 51.6 Å². The summed E-state index contributed by atoms with van der Waals surface area (Å²) in [6.07, 6.45) is 3.48. The van der Waals surface area contributed by atoms with Crippen molar-refractivity contribution in [2.45, 2.75) is 117 Å². The topological polar surface area (TPSA) is 176 Å². The number of aliphatic hydroxyl groups is 1. The van der Waals surface area contributed by atoms with Crippen LogP contribution in [0.4, 0.5) is 26.2 Å². The lowest BCUT2D eigenvalue weighted by atomic mass is 9.88. The lowest BCUT2D eigenvalue weighted by Crippen LogP contribution is -2.49. The first-order chi connectivity index (χ1) is 32.1. The largest absolute Gasteiger partial charge is 0.391 e. The van der Waals surface area contributed by atoms with Gasteiger partial charge in [0.2, 0.25) is 17.7 Å². The summed E-state index contributed by atoms with van der Waals surface area (Å²) >= 11 is 1.57. The molecule has 0 unspecified atom stereocenters. The van der Waals surface area contributed by atoms with Gasteiger partial charge in [0.05, 0.1) is 47.5 Å². The van der Waals surface area contributed by atoms with Crippen LogP contribution in [0.2, 0.25) is 0 Å². The number of aryl methyl sites for hydroxylation is 2. The summed E-state index contributed by atoms with van der Waals surface area (Å²) in [6, 6.07) is 10.6. The van der Waals surface area contributed by atoms with Crippen LogP contribution in [0.5, 0.6) is 0 Å². The number of aliphatic hydroxyl groups excluding tert-OH is 1. The number of hydrogen-bond acceptors (Lipinski definition) is 11. The Morgan fingerprint density at radius 3 is 2.57 bits per heavy atom. The summed E-state index contributed by atoms with van der Waals surface area (Å²) < 4.78 is 40.1. The molecular formula is C49H59F2N10O5S+. The van der Waals surface area contributed by atoms with Gasteiger partial charge in [0.25, 0.3) is 6.43 Å². The highest BCUT2D eigenvalue weighted by Gasteiger charge is 2.41. The molecule has 0 aliphatic carbocycles. The lowest BCUT2D eigenvalue weighted by molar-refractivity contribution is -0.696. The van der Waals surface area contributed by atoms with E-state index in [-0.39, 0.29) is 67.8 Å². The first kappa shape index (κ1) is 46.3. The smallest absolute Gasteiger partial charge is 0.389 e. The predicted octanol–water partition coefficient (Wildman–Crippen LogP) is 6.22. The maximum Gasteiger partial charge on any atom is 0.389 e. The Balaban J connectivity index is 0.920. The Kier molecular flexibility index (Phi) is 13.1. The number of rotatable bonds is 12. The number of nitrogens with zero attached hydrogens (tertiary/aromatic N) is 8. The monoisotopic (exact) mass is 937 g/mol. The lowest BCUT2D eigenvalue weighted by Gasteiger charge is -2.33. The van der Waals surface area contributed by atoms with Crippen molar-refractivity contribution < 1.29 is 37.6 Å². The van der Waals surface area contributed by atoms with Gasteiger partial charge < -0.3 is 29.9 Å². The highest BCUT2D eigenvalue weighted by Crippen LogP contribution is 2.44. The molecule has 4 aliphatic rings. The molecule has 5 aromatic rings. The second kappa shape index (κ2) is 19.0. The Hall–Kier alpha value is -5.85. The van der Waals surface area contributed by atoms with Crippen LogP contribution in [0.1, 0.15) is 99.0 Å². The highest BCUT2D eigenvalue weighted by atomic mass is 32.1. The zero-order valence-electron chi connectivity index (χ0n) is 38.5. The Morgan fingerprint density at radius 2 is 1.85 bits per heavy atom. The number of nitrogens with two attached hydrogens (primary N) is 1. The molecule has 0 radical (unpaired) electrons. The average molecular weight is 938 g/mol. The standard InChI is InChI=1S/C49H58F2N10O5S/c1-29-44(67-28-55-29)32-9-7-31(8-10-32)22-53-47(65)42-19-36(63)25-60(42)43(64)21-49(3,4)27-58-24-34(23-54-48(58)52)37-18-33-6-5-14-59(41(33)20-38(37)45(50)51)46-39-26-57(30(2)62)15-11-40(39)61(56-46)35-12-16-66-17-13-35/h7-10,18,20,23-24,28,35-36,42,45,52,63H,5-6,11-17,19,21-22,25-27H2,1-4H3,(H,53,65)/p+1/t36-,42+/m1/s1. The second-order valence-corrected chi connectivity index (χ2v) is 20.0. The highest BCUT2D eigenvalue weighted by molar-refractivity contribution is 7.13. The molecule has 15 nitrogen and oxygen atoms in total. The molecule has 3 amide bonds. The molecule has 9 rings (SSSR count). The van der Waals surface area contributed by atoms with Crippen LogP contribution < -0.4 is 20.5 Å². The summed E-state index contributed by atoms with van der Waals surface area (Å²) in [5, 5.41) is 18.8. The molecule has 2 saturated heterocycles. The molecular weight excluding hydrogens is 879 g/mol. The minimum Gasteiger partial charge on any atom is -0.391 e. The van der Waals surface area contributed by atoms with Crippen molar-refractivity contribution in [2.75, 3.05) is 43.5 Å². The predicted molar refractivity (Wildman–Crippen MR) is 249 cm³/mol. The number of nitrogens with one attached hydrogen (secondary N) is 1. The van der Waals surface area contributed by atoms with Gasteiger partial charge in [0.1, 0.15) is 12.2 Å². The first-order valence-corrected chi connectivity index (χ1v) is 24.1. The molecule has 3 aromatic heterocycles. The SMILES string of the molecule is CC(=O)N1CCc2c(c(N3CCCc4cc(-c5cnc(N)[n+](CC(C)(C)CC(=O)N6C[C@H](O)C[C@H]6C(=O)NCc6ccc(-c7scnc7C)cc6)c5)c(C(F)F)cc43)nn2C2CCOCC2)C1. The van der Waals surface area contributed by atoms with E-state index in [1.807, 2.05) is 61.5 Å². The van der Waals surface area contributed by atoms with E-state index in [1.54, 1.807) is 35.1 Å². The van der Waals surface area contributed by atoms with E-state index in [0.717, 1.165) is 57.8 Å². The van der Waals surface area contributed by atoms with Gasteiger partial charge in [0.15, 0.2) is 5.82 Å². The van der Waals surface area contributed by atoms with E-state index in [2.05, 4.69) is 24.9 Å². The maximum absolute atomic E-state index is 15.3. The number of aromatic nitrogens is 5. The zero-order valence-corrected chi connectivity index (χ0v) is 39.3. The van der Waals surface area contributed by atoms with Crippen molar-refractivity contribution in [3.05, 3.63) is 87.9 Å². The number of hydrogen-bond donors (Lipinski definition) is 3. The number of carbonyl (C=O) groups is 3. The molecule has 2 aromatic carbocycles. The number of likely N-dealkylation sites (tertiary alicyclic amines) is 1. The minimum atomic E-state index is -2.81. The number of nitrogen functional groups attached to an aromatic ring is 1. The first-order valence-electron chi connectivity index (χ1n) is 23.2. The molecule has 0 bridgehead atoms. The van der Waals surface area contributed by atoms with E-state index in [1.165, 1.54) is 11.1 Å². The summed E-state index contributed by atoms with van der Waals surface area (Å²) in [6.45, 7) is 10.8. The van der Waals surface area contributed by atoms with Crippen molar-refractivity contribution in [1.82, 2.24) is 34.9 Å². The minimum absolute atomic E-state index is 0.0135. The van der Waals surface area contributed by atoms with Crippen LogP contribution >= 0.6 is 11.3 Å². The summed E-state index contributed by atoms with van der Waals surface area (Å²) in [7, 11) is 0. The molecule has 0 spiro atoms. The fourth-order valence-corrected chi connectivity index (χ4v) is 11.0. The third-order valence-electron chi connectivity index (χ3n) is 13.7. The van der Waals surface area contributed by atoms with Gasteiger partial charge in [-0.3, -0.25) is 24.8 Å². The Morgan fingerprint density at radius 1 is 1.07 bits per heavy atom. The molecule has 2 fully saturated rings. The number of β-amino-alcohol motifs (C(OH)–C–C–N with tert-alkyl or cyclic N) is 1. The van der Waals surface area contributed by atoms with Crippen LogP contribution in [0.15, 0.2) is 54.3 Å². The quantitative estimate of drug-likeness (QED) is 0.122. The number of benzene rings is 2. The van der Waals surface area contributed by atoms with Crippen molar-refractivity contribution in [1.29, 1.82) is 0 Å². The molecule has 354 valence electrons. The Labute approximate surface area is 392 Å². The molecule has 7 heterocycles. The van der Waals surface area contributed by atoms with E-state index < -0.39 is 24.0 Å². The van der Waals surface area contributed by atoms with Gasteiger partial charge in [-0.25, -0.2) is 18.3 Å². The number of halogens is 2. The molecule has 4 N–H and O–H groups in total. The number of thiazole rings is 1. The number of alkyl halides is 2. The van der Waals surface area contributed by atoms with Gasteiger partial charge in [-0.1, -0.05) is 43.1 Å². The summed E-state index contributed by atoms with van der Waals surface area (Å²) in [5.74, 6) is 0.222. The number of fused-ring (bicyclic) bond motifs is 2. The van der Waals surface area contributed by atoms with E-state index in [0.29, 0.717) is 68.3 Å². The second-order valence-electron chi connectivity index (χ2n) is 19.2. The summed E-state index contributed by atoms with van der Waals surface area (Å²) in [4.78, 5) is 55.3. The van der Waals surface area contributed by atoms with Gasteiger partial charge in [-0.05, 0) is 67.0 Å². The average Bonchev–Trinajstić information content (AvgIpc) is 4.04. The van der Waals surface area contributed by atoms with Crippen molar-refractivity contribution in [2.24, 2.45) is 5.41 Å². The zero-order chi connectivity index (χ0) is 47.1. The van der Waals surface area contributed by atoms with Crippen LogP contribution in [0.25, 0.3) is 21.6 Å². The third kappa shape index (κ3) is 9.65. The number of amides is 3.